The van der Waals surface area contributed by atoms with E-state index in [2.05, 4.69) is 20.8 Å². The van der Waals surface area contributed by atoms with E-state index in [4.69, 9.17) is 4.74 Å². The lowest BCUT2D eigenvalue weighted by Crippen LogP contribution is -2.51. The van der Waals surface area contributed by atoms with Crippen LogP contribution in [0.3, 0.4) is 0 Å². The molecule has 0 bridgehead atoms. The normalized spacial score (nSPS) is 44.6. The molecule has 0 aromatic heterocycles. The van der Waals surface area contributed by atoms with Crippen LogP contribution in [0, 0.1) is 40.4 Å². The van der Waals surface area contributed by atoms with E-state index in [0.29, 0.717) is 29.5 Å². The van der Waals surface area contributed by atoms with Crippen LogP contribution in [0.5, 0.6) is 0 Å². The molecule has 3 saturated carbocycles. The molecule has 3 heteroatoms. The molecule has 4 aliphatic rings. The fourth-order valence-electron chi connectivity index (χ4n) is 8.02. The number of methoxy groups -OCH3 is 1. The third-order valence-corrected chi connectivity index (χ3v) is 9.44. The second-order valence-corrected chi connectivity index (χ2v) is 10.5. The van der Waals surface area contributed by atoms with Gasteiger partial charge in [0.25, 0.3) is 0 Å². The average molecular weight is 373 g/mol. The van der Waals surface area contributed by atoms with Crippen LogP contribution in [0.15, 0.2) is 11.6 Å². The molecular weight excluding hydrogens is 336 g/mol. The number of carbonyl (C=O) groups excluding carboxylic acids is 2. The lowest BCUT2D eigenvalue weighted by Gasteiger charge is -2.58. The minimum Gasteiger partial charge on any atom is -0.469 e. The van der Waals surface area contributed by atoms with Crippen LogP contribution >= 0.6 is 0 Å². The monoisotopic (exact) mass is 372 g/mol. The highest BCUT2D eigenvalue weighted by Gasteiger charge is 2.59. The first-order chi connectivity index (χ1) is 12.8. The Bertz CT molecular complexity index is 665. The SMILES string of the molecule is COC(=O)CC(C)C1CCC2C3CCC4=CC(=O)CCC4(C)C3CCC12C. The van der Waals surface area contributed by atoms with Gasteiger partial charge in [0.1, 0.15) is 0 Å². The van der Waals surface area contributed by atoms with Crippen LogP contribution < -0.4 is 0 Å². The summed E-state index contributed by atoms with van der Waals surface area (Å²) < 4.78 is 4.94. The molecule has 0 aromatic rings. The molecule has 0 saturated heterocycles. The summed E-state index contributed by atoms with van der Waals surface area (Å²) in [7, 11) is 1.50. The van der Waals surface area contributed by atoms with Gasteiger partial charge < -0.3 is 4.74 Å². The lowest BCUT2D eigenvalue weighted by molar-refractivity contribution is -0.142. The number of allylic oxidation sites excluding steroid dienone is 1. The van der Waals surface area contributed by atoms with Crippen molar-refractivity contribution in [1.29, 1.82) is 0 Å². The summed E-state index contributed by atoms with van der Waals surface area (Å²) in [5.74, 6) is 3.67. The maximum absolute atomic E-state index is 12.0. The van der Waals surface area contributed by atoms with E-state index in [1.165, 1.54) is 44.8 Å². The number of hydrogen-bond acceptors (Lipinski definition) is 3. The Labute approximate surface area is 164 Å². The van der Waals surface area contributed by atoms with Gasteiger partial charge in [-0.3, -0.25) is 9.59 Å². The first kappa shape index (κ1) is 19.2. The Balaban J connectivity index is 1.56. The van der Waals surface area contributed by atoms with Crippen LogP contribution in [-0.4, -0.2) is 18.9 Å². The van der Waals surface area contributed by atoms with Crippen molar-refractivity contribution in [2.24, 2.45) is 40.4 Å². The standard InChI is InChI=1S/C24H36O3/c1-15(13-22(26)27-4)19-7-8-20-18-6-5-16-14-17(25)9-11-23(16,2)21(18)10-12-24(19,20)3/h14-15,18-21H,5-13H2,1-4H3. The fourth-order valence-corrected chi connectivity index (χ4v) is 8.02. The van der Waals surface area contributed by atoms with Gasteiger partial charge in [-0.2, -0.15) is 0 Å². The van der Waals surface area contributed by atoms with E-state index in [9.17, 15) is 9.59 Å². The Morgan fingerprint density at radius 2 is 1.93 bits per heavy atom. The van der Waals surface area contributed by atoms with E-state index >= 15 is 0 Å². The molecule has 0 spiro atoms. The van der Waals surface area contributed by atoms with Crippen molar-refractivity contribution in [3.05, 3.63) is 11.6 Å². The molecule has 0 aromatic carbocycles. The number of ketones is 1. The van der Waals surface area contributed by atoms with Gasteiger partial charge in [-0.15, -0.1) is 0 Å². The summed E-state index contributed by atoms with van der Waals surface area (Å²) in [5, 5.41) is 0. The number of fused-ring (bicyclic) bond motifs is 5. The lowest BCUT2D eigenvalue weighted by atomic mass is 9.46. The van der Waals surface area contributed by atoms with Gasteiger partial charge in [-0.1, -0.05) is 26.3 Å². The highest BCUT2D eigenvalue weighted by atomic mass is 16.5. The summed E-state index contributed by atoms with van der Waals surface area (Å²) in [6.45, 7) is 7.24. The molecule has 0 aliphatic heterocycles. The maximum Gasteiger partial charge on any atom is 0.305 e. The molecule has 0 heterocycles. The van der Waals surface area contributed by atoms with Gasteiger partial charge >= 0.3 is 5.97 Å². The third-order valence-electron chi connectivity index (χ3n) is 9.44. The largest absolute Gasteiger partial charge is 0.469 e. The van der Waals surface area contributed by atoms with Gasteiger partial charge in [-0.25, -0.2) is 0 Å². The van der Waals surface area contributed by atoms with Crippen molar-refractivity contribution in [2.45, 2.75) is 78.6 Å². The van der Waals surface area contributed by atoms with Gasteiger partial charge in [0, 0.05) is 12.8 Å². The van der Waals surface area contributed by atoms with Crippen LogP contribution in [0.1, 0.15) is 78.6 Å². The molecule has 0 amide bonds. The molecule has 3 fully saturated rings. The summed E-state index contributed by atoms with van der Waals surface area (Å²) in [6.07, 6.45) is 11.9. The zero-order chi connectivity index (χ0) is 19.4. The molecule has 7 unspecified atom stereocenters. The molecule has 150 valence electrons. The van der Waals surface area contributed by atoms with Crippen molar-refractivity contribution in [3.63, 3.8) is 0 Å². The van der Waals surface area contributed by atoms with Crippen LogP contribution in [0.25, 0.3) is 0 Å². The molecule has 3 nitrogen and oxygen atoms in total. The van der Waals surface area contributed by atoms with Crippen LogP contribution in [-0.2, 0) is 14.3 Å². The number of rotatable bonds is 3. The minimum atomic E-state index is -0.0601. The van der Waals surface area contributed by atoms with Gasteiger partial charge in [0.05, 0.1) is 7.11 Å². The van der Waals surface area contributed by atoms with Crippen LogP contribution in [0.2, 0.25) is 0 Å². The molecular formula is C24H36O3. The molecule has 4 rings (SSSR count). The molecule has 27 heavy (non-hydrogen) atoms. The highest BCUT2D eigenvalue weighted by molar-refractivity contribution is 5.91. The summed E-state index contributed by atoms with van der Waals surface area (Å²) in [5.41, 5.74) is 2.09. The Hall–Kier alpha value is -1.12. The zero-order valence-electron chi connectivity index (χ0n) is 17.6. The molecule has 4 aliphatic carbocycles. The first-order valence-electron chi connectivity index (χ1n) is 11.1. The van der Waals surface area contributed by atoms with E-state index in [1.807, 2.05) is 6.08 Å². The number of ether oxygens (including phenoxy) is 1. The van der Waals surface area contributed by atoms with Crippen LogP contribution in [0.4, 0.5) is 0 Å². The first-order valence-corrected chi connectivity index (χ1v) is 11.1. The predicted octanol–water partition coefficient (Wildman–Crippen LogP) is 5.33. The summed E-state index contributed by atoms with van der Waals surface area (Å²) >= 11 is 0. The van der Waals surface area contributed by atoms with E-state index in [-0.39, 0.29) is 11.4 Å². The molecule has 0 N–H and O–H groups in total. The predicted molar refractivity (Wildman–Crippen MR) is 106 cm³/mol. The zero-order valence-corrected chi connectivity index (χ0v) is 17.6. The van der Waals surface area contributed by atoms with Crippen molar-refractivity contribution in [2.75, 3.05) is 7.11 Å². The summed E-state index contributed by atoms with van der Waals surface area (Å²) in [4.78, 5) is 23.8. The Morgan fingerprint density at radius 1 is 1.15 bits per heavy atom. The topological polar surface area (TPSA) is 43.4 Å². The minimum absolute atomic E-state index is 0.0601. The molecule has 0 radical (unpaired) electrons. The third kappa shape index (κ3) is 2.91. The van der Waals surface area contributed by atoms with Crippen molar-refractivity contribution in [3.8, 4) is 0 Å². The van der Waals surface area contributed by atoms with Gasteiger partial charge in [0.2, 0.25) is 0 Å². The summed E-state index contributed by atoms with van der Waals surface area (Å²) in [6, 6.07) is 0. The van der Waals surface area contributed by atoms with E-state index in [0.717, 1.165) is 37.0 Å². The highest BCUT2D eigenvalue weighted by Crippen LogP contribution is 2.67. The fraction of sp³-hybridized carbons (Fsp3) is 0.833. The molecule has 7 atom stereocenters. The number of esters is 1. The van der Waals surface area contributed by atoms with Crippen molar-refractivity contribution in [1.82, 2.24) is 0 Å². The van der Waals surface area contributed by atoms with E-state index < -0.39 is 0 Å². The second-order valence-electron chi connectivity index (χ2n) is 10.5. The number of hydrogen-bond donors (Lipinski definition) is 0. The van der Waals surface area contributed by atoms with Gasteiger partial charge in [-0.05, 0) is 91.4 Å². The van der Waals surface area contributed by atoms with Crippen molar-refractivity contribution >= 4 is 11.8 Å². The average Bonchev–Trinajstić information content (AvgIpc) is 2.99. The second kappa shape index (κ2) is 6.74. The number of carbonyl (C=O) groups is 2. The maximum atomic E-state index is 12.0. The van der Waals surface area contributed by atoms with Gasteiger partial charge in [0.15, 0.2) is 5.78 Å². The quantitative estimate of drug-likeness (QED) is 0.629. The van der Waals surface area contributed by atoms with Crippen molar-refractivity contribution < 1.29 is 14.3 Å². The Morgan fingerprint density at radius 3 is 2.67 bits per heavy atom. The van der Waals surface area contributed by atoms with E-state index in [1.54, 1.807) is 0 Å². The smallest absolute Gasteiger partial charge is 0.305 e. The Kier molecular flexibility index (Phi) is 4.79.